The average molecular weight is 118 g/mol. The maximum Gasteiger partial charge on any atom is 0.0268 e. The zero-order valence-corrected chi connectivity index (χ0v) is 4.44. The maximum absolute atomic E-state index is 3.72. The summed E-state index contributed by atoms with van der Waals surface area (Å²) in [4.78, 5) is 0. The summed E-state index contributed by atoms with van der Waals surface area (Å²) >= 11 is 0. The van der Waals surface area contributed by atoms with E-state index in [1.807, 2.05) is 12.2 Å². The molecule has 0 saturated heterocycles. The summed E-state index contributed by atoms with van der Waals surface area (Å²) in [7, 11) is 0. The van der Waals surface area contributed by atoms with Gasteiger partial charge in [-0.3, -0.25) is 5.32 Å². The van der Waals surface area contributed by atoms with Crippen LogP contribution in [0.15, 0.2) is 24.6 Å². The van der Waals surface area contributed by atoms with Crippen LogP contribution in [-0.2, 0) is 17.4 Å². The van der Waals surface area contributed by atoms with E-state index < -0.39 is 0 Å². The summed E-state index contributed by atoms with van der Waals surface area (Å²) < 4.78 is 0. The molecule has 0 fully saturated rings. The SMILES string of the molecule is C1=C[N]C=C1.[Cr]. The molecule has 0 aliphatic carbocycles. The predicted octanol–water partition coefficient (Wildman–Crippen LogP) is 0.629. The number of hydrogen-bond donors (Lipinski definition) is 0. The zero-order valence-electron chi connectivity index (χ0n) is 3.16. The normalized spacial score (nSPS) is 13.3. The van der Waals surface area contributed by atoms with Crippen LogP contribution in [0, 0.1) is 0 Å². The van der Waals surface area contributed by atoms with E-state index in [-0.39, 0.29) is 17.4 Å². The quantitative estimate of drug-likeness (QED) is 0.443. The van der Waals surface area contributed by atoms with Gasteiger partial charge in [-0.15, -0.1) is 0 Å². The Bertz CT molecular complexity index is 65.6. The van der Waals surface area contributed by atoms with Crippen molar-refractivity contribution in [1.29, 1.82) is 0 Å². The van der Waals surface area contributed by atoms with E-state index >= 15 is 0 Å². The molecule has 0 amide bonds. The third kappa shape index (κ3) is 1.30. The second kappa shape index (κ2) is 3.02. The Hall–Kier alpha value is -0.188. The standard InChI is InChI=1S/C4H4N.Cr/c1-2-4-5-3-1;/h1-4H;. The van der Waals surface area contributed by atoms with Crippen molar-refractivity contribution in [2.75, 3.05) is 0 Å². The van der Waals surface area contributed by atoms with Gasteiger partial charge in [-0.1, -0.05) is 0 Å². The third-order valence-corrected chi connectivity index (χ3v) is 0.455. The van der Waals surface area contributed by atoms with Crippen molar-refractivity contribution in [2.45, 2.75) is 0 Å². The summed E-state index contributed by atoms with van der Waals surface area (Å²) in [6.07, 6.45) is 7.28. The number of nitrogens with zero attached hydrogens (tertiary/aromatic N) is 1. The zero-order chi connectivity index (χ0) is 3.54. The monoisotopic (exact) mass is 118 g/mol. The molecule has 0 N–H and O–H groups in total. The Morgan fingerprint density at radius 3 is 1.67 bits per heavy atom. The van der Waals surface area contributed by atoms with Gasteiger partial charge in [-0.25, -0.2) is 0 Å². The van der Waals surface area contributed by atoms with Crippen LogP contribution < -0.4 is 5.32 Å². The van der Waals surface area contributed by atoms with Gasteiger partial charge in [-0.2, -0.15) is 0 Å². The van der Waals surface area contributed by atoms with E-state index in [9.17, 15) is 0 Å². The van der Waals surface area contributed by atoms with E-state index in [1.165, 1.54) is 0 Å². The van der Waals surface area contributed by atoms with Crippen molar-refractivity contribution >= 4 is 0 Å². The van der Waals surface area contributed by atoms with E-state index in [2.05, 4.69) is 5.32 Å². The molecule has 1 nitrogen and oxygen atoms in total. The molecule has 2 heteroatoms. The first kappa shape index (κ1) is 5.81. The summed E-state index contributed by atoms with van der Waals surface area (Å²) in [6, 6.07) is 0. The molecule has 0 saturated carbocycles. The molecular formula is C4H4CrN. The van der Waals surface area contributed by atoms with Crippen LogP contribution in [0.5, 0.6) is 0 Å². The van der Waals surface area contributed by atoms with Gasteiger partial charge in [0, 0.05) is 29.8 Å². The fourth-order valence-electron chi connectivity index (χ4n) is 0.248. The molecule has 1 rings (SSSR count). The van der Waals surface area contributed by atoms with Gasteiger partial charge in [0.15, 0.2) is 0 Å². The number of allylic oxidation sites excluding steroid dienone is 2. The first-order valence-electron chi connectivity index (χ1n) is 1.52. The summed E-state index contributed by atoms with van der Waals surface area (Å²) in [5.41, 5.74) is 0. The smallest absolute Gasteiger partial charge is 0.0268 e. The van der Waals surface area contributed by atoms with Crippen molar-refractivity contribution in [3.05, 3.63) is 24.6 Å². The molecule has 0 bridgehead atoms. The summed E-state index contributed by atoms with van der Waals surface area (Å²) in [5.74, 6) is 0. The van der Waals surface area contributed by atoms with Crippen LogP contribution in [0.25, 0.3) is 0 Å². The topological polar surface area (TPSA) is 14.1 Å². The van der Waals surface area contributed by atoms with E-state index in [4.69, 9.17) is 0 Å². The Morgan fingerprint density at radius 1 is 1.00 bits per heavy atom. The molecule has 0 unspecified atom stereocenters. The van der Waals surface area contributed by atoms with Crippen molar-refractivity contribution < 1.29 is 17.4 Å². The van der Waals surface area contributed by atoms with Crippen molar-refractivity contribution in [3.63, 3.8) is 0 Å². The molecule has 6 heavy (non-hydrogen) atoms. The van der Waals surface area contributed by atoms with Gasteiger partial charge in [0.1, 0.15) is 0 Å². The molecule has 0 atom stereocenters. The van der Waals surface area contributed by atoms with Gasteiger partial charge >= 0.3 is 0 Å². The molecule has 0 aromatic heterocycles. The summed E-state index contributed by atoms with van der Waals surface area (Å²) in [6.45, 7) is 0. The van der Waals surface area contributed by atoms with E-state index in [0.29, 0.717) is 0 Å². The molecule has 1 heterocycles. The Morgan fingerprint density at radius 2 is 1.50 bits per heavy atom. The molecular weight excluding hydrogens is 114 g/mol. The third-order valence-electron chi connectivity index (χ3n) is 0.455. The summed E-state index contributed by atoms with van der Waals surface area (Å²) in [5, 5.41) is 3.72. The van der Waals surface area contributed by atoms with Crippen LogP contribution >= 0.6 is 0 Å². The number of rotatable bonds is 0. The van der Waals surface area contributed by atoms with Crippen LogP contribution in [0.3, 0.4) is 0 Å². The number of hydrogen-bond acceptors (Lipinski definition) is 0. The fraction of sp³-hybridized carbons (Fsp3) is 0. The van der Waals surface area contributed by atoms with Gasteiger partial charge in [0.05, 0.1) is 0 Å². The van der Waals surface area contributed by atoms with Crippen molar-refractivity contribution in [1.82, 2.24) is 5.32 Å². The Labute approximate surface area is 47.9 Å². The Balaban J connectivity index is 0.000000250. The minimum atomic E-state index is 0. The first-order chi connectivity index (χ1) is 2.50. The molecule has 31 valence electrons. The molecule has 0 aromatic carbocycles. The van der Waals surface area contributed by atoms with Gasteiger partial charge in [0.2, 0.25) is 0 Å². The average Bonchev–Trinajstić information content (AvgIpc) is 1.76. The van der Waals surface area contributed by atoms with Gasteiger partial charge < -0.3 is 0 Å². The fourth-order valence-corrected chi connectivity index (χ4v) is 0.248. The van der Waals surface area contributed by atoms with Crippen LogP contribution in [0.1, 0.15) is 0 Å². The van der Waals surface area contributed by atoms with Crippen LogP contribution in [-0.4, -0.2) is 0 Å². The molecule has 1 aliphatic rings. The second-order valence-electron chi connectivity index (χ2n) is 0.832. The first-order valence-corrected chi connectivity index (χ1v) is 1.52. The molecule has 0 spiro atoms. The largest absolute Gasteiger partial charge is 0.265 e. The molecule has 0 aromatic rings. The minimum Gasteiger partial charge on any atom is -0.265 e. The van der Waals surface area contributed by atoms with E-state index in [0.717, 1.165) is 0 Å². The van der Waals surface area contributed by atoms with E-state index in [1.54, 1.807) is 12.4 Å². The minimum absolute atomic E-state index is 0. The maximum atomic E-state index is 3.72. The van der Waals surface area contributed by atoms with Crippen molar-refractivity contribution in [2.24, 2.45) is 0 Å². The Kier molecular flexibility index (Phi) is 2.93. The van der Waals surface area contributed by atoms with Gasteiger partial charge in [0.25, 0.3) is 0 Å². The van der Waals surface area contributed by atoms with Crippen molar-refractivity contribution in [3.8, 4) is 0 Å². The molecule has 1 aliphatic heterocycles. The molecule has 1 radical (unpaired) electrons. The predicted molar refractivity (Wildman–Crippen MR) is 20.4 cm³/mol. The van der Waals surface area contributed by atoms with Crippen LogP contribution in [0.2, 0.25) is 0 Å². The second-order valence-corrected chi connectivity index (χ2v) is 0.832. The van der Waals surface area contributed by atoms with Gasteiger partial charge in [-0.05, 0) is 12.2 Å². The van der Waals surface area contributed by atoms with Crippen LogP contribution in [0.4, 0.5) is 0 Å².